The minimum atomic E-state index is -4.18. The van der Waals surface area contributed by atoms with Crippen LogP contribution in [0, 0.1) is 11.3 Å². The average Bonchev–Trinajstić information content (AvgIpc) is 2.36. The molecule has 3 nitrogen and oxygen atoms in total. The minimum absolute atomic E-state index is 0.0308. The summed E-state index contributed by atoms with van der Waals surface area (Å²) < 4.78 is 40.7. The van der Waals surface area contributed by atoms with Gasteiger partial charge in [0.05, 0.1) is 12.7 Å². The van der Waals surface area contributed by atoms with E-state index in [0.29, 0.717) is 17.9 Å². The lowest BCUT2D eigenvalue weighted by molar-refractivity contribution is -0.0327. The Morgan fingerprint density at radius 3 is 2.74 bits per heavy atom. The molecule has 0 aliphatic heterocycles. The van der Waals surface area contributed by atoms with Gasteiger partial charge in [-0.3, -0.25) is 0 Å². The molecule has 0 aliphatic carbocycles. The molecular formula is C12H13F3N2OS. The van der Waals surface area contributed by atoms with Crippen molar-refractivity contribution in [1.29, 1.82) is 5.26 Å². The molecule has 0 saturated carbocycles. The Balaban J connectivity index is 2.40. The van der Waals surface area contributed by atoms with Crippen molar-refractivity contribution >= 4 is 11.8 Å². The number of hydrogen-bond donors (Lipinski definition) is 1. The van der Waals surface area contributed by atoms with Crippen molar-refractivity contribution in [2.75, 3.05) is 19.4 Å². The molecule has 0 saturated heterocycles. The van der Waals surface area contributed by atoms with Crippen LogP contribution in [0.4, 0.5) is 13.2 Å². The van der Waals surface area contributed by atoms with E-state index in [9.17, 15) is 13.2 Å². The topological polar surface area (TPSA) is 45.0 Å². The summed E-state index contributed by atoms with van der Waals surface area (Å²) in [6.07, 6.45) is 0. The van der Waals surface area contributed by atoms with Gasteiger partial charge in [-0.2, -0.15) is 18.4 Å². The second-order valence-electron chi connectivity index (χ2n) is 3.62. The standard InChI is InChI=1S/C12H13F3N2OS/c1-18-11-6-9(2-3-10(11)7-16)8-17-4-5-19-12(13,14)15/h2-3,6,17H,4-5,8H2,1H3. The average molecular weight is 290 g/mol. The fraction of sp³-hybridized carbons (Fsp3) is 0.417. The van der Waals surface area contributed by atoms with E-state index in [4.69, 9.17) is 10.00 Å². The number of methoxy groups -OCH3 is 1. The summed E-state index contributed by atoms with van der Waals surface area (Å²) in [5.41, 5.74) is -2.90. The highest BCUT2D eigenvalue weighted by molar-refractivity contribution is 8.00. The SMILES string of the molecule is COc1cc(CNCCSC(F)(F)F)ccc1C#N. The third kappa shape index (κ3) is 5.85. The molecule has 0 heterocycles. The van der Waals surface area contributed by atoms with Crippen molar-refractivity contribution in [3.8, 4) is 11.8 Å². The van der Waals surface area contributed by atoms with Gasteiger partial charge in [0.15, 0.2) is 0 Å². The Morgan fingerprint density at radius 1 is 1.42 bits per heavy atom. The molecule has 104 valence electrons. The summed E-state index contributed by atoms with van der Waals surface area (Å²) >= 11 is -0.0478. The van der Waals surface area contributed by atoms with Crippen molar-refractivity contribution in [2.45, 2.75) is 12.1 Å². The van der Waals surface area contributed by atoms with Crippen LogP contribution in [0.15, 0.2) is 18.2 Å². The van der Waals surface area contributed by atoms with Crippen LogP contribution in [0.5, 0.6) is 5.75 Å². The number of rotatable bonds is 6. The van der Waals surface area contributed by atoms with E-state index in [0.717, 1.165) is 5.56 Å². The molecule has 1 N–H and O–H groups in total. The van der Waals surface area contributed by atoms with Gasteiger partial charge >= 0.3 is 5.51 Å². The Hall–Kier alpha value is -1.39. The number of halogens is 3. The summed E-state index contributed by atoms with van der Waals surface area (Å²) in [4.78, 5) is 0. The van der Waals surface area contributed by atoms with Gasteiger partial charge < -0.3 is 10.1 Å². The summed E-state index contributed by atoms with van der Waals surface area (Å²) in [6, 6.07) is 7.06. The minimum Gasteiger partial charge on any atom is -0.495 e. The Morgan fingerprint density at radius 2 is 2.16 bits per heavy atom. The zero-order valence-corrected chi connectivity index (χ0v) is 11.1. The van der Waals surface area contributed by atoms with E-state index in [1.165, 1.54) is 7.11 Å². The number of nitrogens with zero attached hydrogens (tertiary/aromatic N) is 1. The number of nitrogens with one attached hydrogen (secondary N) is 1. The normalized spacial score (nSPS) is 11.1. The molecule has 1 aromatic carbocycles. The van der Waals surface area contributed by atoms with Crippen LogP contribution in [-0.4, -0.2) is 24.9 Å². The molecule has 1 aromatic rings. The first-order valence-corrected chi connectivity index (χ1v) is 6.43. The van der Waals surface area contributed by atoms with Crippen molar-refractivity contribution in [3.05, 3.63) is 29.3 Å². The molecule has 0 bridgehead atoms. The molecule has 0 unspecified atom stereocenters. The molecule has 0 spiro atoms. The van der Waals surface area contributed by atoms with Crippen LogP contribution in [0.25, 0.3) is 0 Å². The van der Waals surface area contributed by atoms with Gasteiger partial charge in [-0.05, 0) is 29.5 Å². The van der Waals surface area contributed by atoms with E-state index in [1.54, 1.807) is 18.2 Å². The molecule has 1 rings (SSSR count). The third-order valence-electron chi connectivity index (χ3n) is 2.26. The van der Waals surface area contributed by atoms with Crippen molar-refractivity contribution in [3.63, 3.8) is 0 Å². The second-order valence-corrected chi connectivity index (χ2v) is 4.78. The Labute approximate surface area is 113 Å². The van der Waals surface area contributed by atoms with Crippen LogP contribution in [-0.2, 0) is 6.54 Å². The molecule has 0 radical (unpaired) electrons. The number of nitriles is 1. The van der Waals surface area contributed by atoms with E-state index < -0.39 is 5.51 Å². The smallest absolute Gasteiger partial charge is 0.441 e. The van der Waals surface area contributed by atoms with E-state index in [2.05, 4.69) is 5.32 Å². The predicted octanol–water partition coefficient (Wildman–Crippen LogP) is 2.91. The number of hydrogen-bond acceptors (Lipinski definition) is 4. The second kappa shape index (κ2) is 7.26. The highest BCUT2D eigenvalue weighted by Crippen LogP contribution is 2.29. The van der Waals surface area contributed by atoms with Crippen molar-refractivity contribution < 1.29 is 17.9 Å². The maximum absolute atomic E-state index is 11.9. The van der Waals surface area contributed by atoms with Gasteiger partial charge in [-0.1, -0.05) is 6.07 Å². The fourth-order valence-electron chi connectivity index (χ4n) is 1.41. The van der Waals surface area contributed by atoms with E-state index in [1.807, 2.05) is 6.07 Å². The number of alkyl halides is 3. The Kier molecular flexibility index (Phi) is 5.99. The summed E-state index contributed by atoms with van der Waals surface area (Å²) in [5.74, 6) is 0.433. The van der Waals surface area contributed by atoms with Crippen molar-refractivity contribution in [1.82, 2.24) is 5.32 Å². The number of benzene rings is 1. The Bertz CT molecular complexity index is 457. The molecule has 19 heavy (non-hydrogen) atoms. The lowest BCUT2D eigenvalue weighted by Crippen LogP contribution is -2.18. The highest BCUT2D eigenvalue weighted by Gasteiger charge is 2.27. The zero-order valence-electron chi connectivity index (χ0n) is 10.3. The van der Waals surface area contributed by atoms with Crippen LogP contribution in [0.3, 0.4) is 0 Å². The number of ether oxygens (including phenoxy) is 1. The molecule has 0 amide bonds. The molecule has 0 aliphatic rings. The first-order valence-electron chi connectivity index (χ1n) is 5.44. The lowest BCUT2D eigenvalue weighted by atomic mass is 10.1. The van der Waals surface area contributed by atoms with Crippen LogP contribution in [0.2, 0.25) is 0 Å². The molecule has 7 heteroatoms. The monoisotopic (exact) mass is 290 g/mol. The molecule has 0 fully saturated rings. The molecule has 0 atom stereocenters. The maximum Gasteiger partial charge on any atom is 0.441 e. The van der Waals surface area contributed by atoms with Crippen molar-refractivity contribution in [2.24, 2.45) is 0 Å². The highest BCUT2D eigenvalue weighted by atomic mass is 32.2. The first kappa shape index (κ1) is 15.7. The molecular weight excluding hydrogens is 277 g/mol. The first-order chi connectivity index (χ1) is 8.96. The largest absolute Gasteiger partial charge is 0.495 e. The van der Waals surface area contributed by atoms with Gasteiger partial charge in [0.1, 0.15) is 11.8 Å². The lowest BCUT2D eigenvalue weighted by Gasteiger charge is -2.08. The van der Waals surface area contributed by atoms with Crippen LogP contribution < -0.4 is 10.1 Å². The van der Waals surface area contributed by atoms with E-state index in [-0.39, 0.29) is 24.1 Å². The maximum atomic E-state index is 11.9. The van der Waals surface area contributed by atoms with Gasteiger partial charge in [0.2, 0.25) is 0 Å². The van der Waals surface area contributed by atoms with E-state index >= 15 is 0 Å². The quantitative estimate of drug-likeness (QED) is 0.818. The van der Waals surface area contributed by atoms with Gasteiger partial charge in [-0.25, -0.2) is 0 Å². The van der Waals surface area contributed by atoms with Crippen LogP contribution >= 0.6 is 11.8 Å². The summed E-state index contributed by atoms with van der Waals surface area (Å²) in [5, 5.41) is 11.7. The zero-order chi connectivity index (χ0) is 14.3. The fourth-order valence-corrected chi connectivity index (χ4v) is 1.89. The summed E-state index contributed by atoms with van der Waals surface area (Å²) in [7, 11) is 1.47. The number of thioether (sulfide) groups is 1. The van der Waals surface area contributed by atoms with Gasteiger partial charge in [0, 0.05) is 18.8 Å². The van der Waals surface area contributed by atoms with Crippen LogP contribution in [0.1, 0.15) is 11.1 Å². The third-order valence-corrected chi connectivity index (χ3v) is 3.00. The predicted molar refractivity (Wildman–Crippen MR) is 67.9 cm³/mol. The molecule has 0 aromatic heterocycles. The van der Waals surface area contributed by atoms with Gasteiger partial charge in [0.25, 0.3) is 0 Å². The summed E-state index contributed by atoms with van der Waals surface area (Å²) in [6.45, 7) is 0.687. The van der Waals surface area contributed by atoms with Gasteiger partial charge in [-0.15, -0.1) is 0 Å².